The summed E-state index contributed by atoms with van der Waals surface area (Å²) in [7, 11) is 1.42. The van der Waals surface area contributed by atoms with E-state index in [0.29, 0.717) is 10.7 Å². The van der Waals surface area contributed by atoms with E-state index >= 15 is 0 Å². The number of aryl methyl sites for hydroxylation is 1. The maximum Gasteiger partial charge on any atom is 0.411 e. The maximum absolute atomic E-state index is 12.7. The van der Waals surface area contributed by atoms with Gasteiger partial charge in [-0.3, -0.25) is 14.8 Å². The number of anilines is 1. The fraction of sp³-hybridized carbons (Fsp3) is 0.190. The smallest absolute Gasteiger partial charge is 0.411 e. The Kier molecular flexibility index (Phi) is 7.19. The lowest BCUT2D eigenvalue weighted by atomic mass is 10.2. The molecule has 3 rings (SSSR count). The second-order valence-electron chi connectivity index (χ2n) is 6.59. The Labute approximate surface area is 182 Å². The van der Waals surface area contributed by atoms with Crippen LogP contribution in [0.1, 0.15) is 33.7 Å². The van der Waals surface area contributed by atoms with E-state index in [1.54, 1.807) is 48.5 Å². The molecular weight excluding hydrogens is 430 g/mol. The van der Waals surface area contributed by atoms with Gasteiger partial charge in [-0.25, -0.2) is 13.6 Å². The molecule has 0 bridgehead atoms. The van der Waals surface area contributed by atoms with E-state index in [1.165, 1.54) is 7.05 Å². The van der Waals surface area contributed by atoms with Crippen molar-refractivity contribution in [1.82, 2.24) is 15.1 Å². The largest absolute Gasteiger partial charge is 0.444 e. The van der Waals surface area contributed by atoms with E-state index in [2.05, 4.69) is 15.7 Å². The number of hydrogen-bond acceptors (Lipinski definition) is 4. The molecule has 7 nitrogen and oxygen atoms in total. The Balaban J connectivity index is 1.48. The Bertz CT molecular complexity index is 1050. The minimum atomic E-state index is -2.74. The van der Waals surface area contributed by atoms with Gasteiger partial charge in [-0.2, -0.15) is 5.10 Å². The zero-order chi connectivity index (χ0) is 22.4. The topological polar surface area (TPSA) is 85.3 Å². The quantitative estimate of drug-likeness (QED) is 0.549. The number of halogens is 3. The third-order valence-electron chi connectivity index (χ3n) is 4.29. The van der Waals surface area contributed by atoms with Crippen molar-refractivity contribution in [1.29, 1.82) is 0 Å². The van der Waals surface area contributed by atoms with E-state index < -0.39 is 24.1 Å². The molecule has 2 N–H and O–H groups in total. The molecule has 0 fully saturated rings. The number of ether oxygens (including phenoxy) is 1. The van der Waals surface area contributed by atoms with E-state index in [0.717, 1.165) is 21.9 Å². The summed E-state index contributed by atoms with van der Waals surface area (Å²) in [6.45, 7) is 0.281. The number of carbonyl (C=O) groups excluding carboxylic acids is 2. The minimum Gasteiger partial charge on any atom is -0.444 e. The van der Waals surface area contributed by atoms with Gasteiger partial charge in [-0.05, 0) is 41.5 Å². The molecule has 2 aromatic carbocycles. The van der Waals surface area contributed by atoms with Crippen molar-refractivity contribution in [2.45, 2.75) is 19.6 Å². The number of nitrogens with zero attached hydrogens (tertiary/aromatic N) is 2. The summed E-state index contributed by atoms with van der Waals surface area (Å²) in [5.41, 5.74) is 1.66. The van der Waals surface area contributed by atoms with Crippen LogP contribution in [0.5, 0.6) is 0 Å². The number of rotatable bonds is 7. The average Bonchev–Trinajstić information content (AvgIpc) is 3.15. The van der Waals surface area contributed by atoms with Crippen LogP contribution in [0.15, 0.2) is 54.6 Å². The first-order valence-electron chi connectivity index (χ1n) is 9.19. The molecule has 0 spiro atoms. The lowest BCUT2D eigenvalue weighted by Crippen LogP contribution is -2.25. The molecule has 162 valence electrons. The highest BCUT2D eigenvalue weighted by Crippen LogP contribution is 2.18. The van der Waals surface area contributed by atoms with Gasteiger partial charge in [0.15, 0.2) is 0 Å². The van der Waals surface area contributed by atoms with Crippen molar-refractivity contribution in [2.24, 2.45) is 7.05 Å². The third-order valence-corrected chi connectivity index (χ3v) is 4.54. The van der Waals surface area contributed by atoms with E-state index in [-0.39, 0.29) is 18.8 Å². The zero-order valence-corrected chi connectivity index (χ0v) is 17.2. The van der Waals surface area contributed by atoms with Gasteiger partial charge < -0.3 is 10.1 Å². The van der Waals surface area contributed by atoms with Gasteiger partial charge in [0.2, 0.25) is 0 Å². The first kappa shape index (κ1) is 22.2. The highest BCUT2D eigenvalue weighted by Gasteiger charge is 2.18. The Hall–Kier alpha value is -3.46. The summed E-state index contributed by atoms with van der Waals surface area (Å²) in [4.78, 5) is 24.1. The summed E-state index contributed by atoms with van der Waals surface area (Å²) in [5.74, 6) is -0.519. The molecule has 2 amide bonds. The van der Waals surface area contributed by atoms with Crippen LogP contribution in [0.25, 0.3) is 0 Å². The molecule has 0 saturated carbocycles. The average molecular weight is 449 g/mol. The zero-order valence-electron chi connectivity index (χ0n) is 16.4. The van der Waals surface area contributed by atoms with Crippen LogP contribution in [0.2, 0.25) is 5.02 Å². The van der Waals surface area contributed by atoms with Crippen molar-refractivity contribution in [3.8, 4) is 0 Å². The van der Waals surface area contributed by atoms with Crippen molar-refractivity contribution >= 4 is 29.3 Å². The standard InChI is InChI=1S/C21H19ClF2N4O3/c1-28-18(10-17(27-28)19(23)24)20(29)25-11-13-4-8-16(9-5-13)26-21(30)31-12-14-2-6-15(22)7-3-14/h2-10,19H,11-12H2,1H3,(H,25,29)(H,26,30). The fourth-order valence-electron chi connectivity index (χ4n) is 2.67. The van der Waals surface area contributed by atoms with Gasteiger partial charge >= 0.3 is 6.09 Å². The van der Waals surface area contributed by atoms with Crippen LogP contribution >= 0.6 is 11.6 Å². The number of alkyl halides is 2. The van der Waals surface area contributed by atoms with Crippen molar-refractivity contribution in [3.63, 3.8) is 0 Å². The Morgan fingerprint density at radius 2 is 1.74 bits per heavy atom. The summed E-state index contributed by atoms with van der Waals surface area (Å²) < 4.78 is 31.7. The van der Waals surface area contributed by atoms with Gasteiger partial charge in [-0.1, -0.05) is 35.9 Å². The van der Waals surface area contributed by atoms with Gasteiger partial charge in [0.1, 0.15) is 18.0 Å². The van der Waals surface area contributed by atoms with Gasteiger partial charge in [-0.15, -0.1) is 0 Å². The number of hydrogen-bond donors (Lipinski definition) is 2. The van der Waals surface area contributed by atoms with Crippen LogP contribution in [-0.2, 0) is 24.9 Å². The Morgan fingerprint density at radius 1 is 1.10 bits per heavy atom. The van der Waals surface area contributed by atoms with Crippen LogP contribution in [-0.4, -0.2) is 21.8 Å². The van der Waals surface area contributed by atoms with Crippen LogP contribution in [0.4, 0.5) is 19.3 Å². The normalized spacial score (nSPS) is 10.7. The highest BCUT2D eigenvalue weighted by atomic mass is 35.5. The molecule has 0 aliphatic carbocycles. The molecule has 10 heteroatoms. The number of aromatic nitrogens is 2. The lowest BCUT2D eigenvalue weighted by Gasteiger charge is -2.09. The van der Waals surface area contributed by atoms with Crippen molar-refractivity contribution in [3.05, 3.63) is 82.1 Å². The van der Waals surface area contributed by atoms with E-state index in [9.17, 15) is 18.4 Å². The monoisotopic (exact) mass is 448 g/mol. The first-order chi connectivity index (χ1) is 14.8. The highest BCUT2D eigenvalue weighted by molar-refractivity contribution is 6.30. The van der Waals surface area contributed by atoms with Crippen LogP contribution < -0.4 is 10.6 Å². The molecule has 0 atom stereocenters. The number of carbonyl (C=O) groups is 2. The van der Waals surface area contributed by atoms with Crippen LogP contribution in [0, 0.1) is 0 Å². The molecule has 1 aromatic heterocycles. The molecule has 31 heavy (non-hydrogen) atoms. The van der Waals surface area contributed by atoms with Gasteiger partial charge in [0.05, 0.1) is 0 Å². The van der Waals surface area contributed by atoms with Crippen LogP contribution in [0.3, 0.4) is 0 Å². The Morgan fingerprint density at radius 3 is 2.35 bits per heavy atom. The first-order valence-corrected chi connectivity index (χ1v) is 9.57. The number of nitrogens with one attached hydrogen (secondary N) is 2. The number of amides is 2. The molecule has 3 aromatic rings. The molecule has 1 heterocycles. The second-order valence-corrected chi connectivity index (χ2v) is 7.02. The lowest BCUT2D eigenvalue weighted by molar-refractivity contribution is 0.0941. The predicted molar refractivity (Wildman–Crippen MR) is 111 cm³/mol. The molecule has 0 unspecified atom stereocenters. The summed E-state index contributed by atoms with van der Waals surface area (Å²) in [6.07, 6.45) is -3.35. The molecular formula is C21H19ClF2N4O3. The van der Waals surface area contributed by atoms with Crippen molar-refractivity contribution < 1.29 is 23.1 Å². The van der Waals surface area contributed by atoms with E-state index in [4.69, 9.17) is 16.3 Å². The predicted octanol–water partition coefficient (Wildman–Crippen LogP) is 4.69. The van der Waals surface area contributed by atoms with Crippen molar-refractivity contribution in [2.75, 3.05) is 5.32 Å². The summed E-state index contributed by atoms with van der Waals surface area (Å²) in [6, 6.07) is 14.7. The fourth-order valence-corrected chi connectivity index (χ4v) is 2.80. The van der Waals surface area contributed by atoms with E-state index in [1.807, 2.05) is 0 Å². The minimum absolute atomic E-state index is 0.0389. The molecule has 0 radical (unpaired) electrons. The summed E-state index contributed by atoms with van der Waals surface area (Å²) >= 11 is 5.81. The van der Waals surface area contributed by atoms with Gasteiger partial charge in [0.25, 0.3) is 12.3 Å². The molecule has 0 aliphatic rings. The molecule has 0 saturated heterocycles. The second kappa shape index (κ2) is 10.0. The third kappa shape index (κ3) is 6.26. The molecule has 0 aliphatic heterocycles. The maximum atomic E-state index is 12.7. The van der Waals surface area contributed by atoms with Gasteiger partial charge in [0, 0.05) is 24.3 Å². The summed E-state index contributed by atoms with van der Waals surface area (Å²) in [5, 5.41) is 9.46. The SMILES string of the molecule is Cn1nc(C(F)F)cc1C(=O)NCc1ccc(NC(=O)OCc2ccc(Cl)cc2)cc1. The number of benzene rings is 2.